The van der Waals surface area contributed by atoms with Gasteiger partial charge in [-0.1, -0.05) is 0 Å². The van der Waals surface area contributed by atoms with E-state index in [1.54, 1.807) is 0 Å². The summed E-state index contributed by atoms with van der Waals surface area (Å²) in [5, 5.41) is 4.13. The lowest BCUT2D eigenvalue weighted by Gasteiger charge is -2.12. The predicted octanol–water partition coefficient (Wildman–Crippen LogP) is 2.27. The van der Waals surface area contributed by atoms with Gasteiger partial charge in [0.1, 0.15) is 0 Å². The molecule has 1 saturated carbocycles. The number of nitrogens with zero attached hydrogens (tertiary/aromatic N) is 2. The molecule has 1 N–H and O–H groups in total. The van der Waals surface area contributed by atoms with Crippen LogP contribution in [0.3, 0.4) is 0 Å². The zero-order valence-corrected chi connectivity index (χ0v) is 11.1. The van der Waals surface area contributed by atoms with Crippen LogP contribution in [0.2, 0.25) is 0 Å². The maximum Gasteiger partial charge on any atom is 0.271 e. The Morgan fingerprint density at radius 3 is 2.39 bits per heavy atom. The Labute approximate surface area is 108 Å². The molecular weight excluding hydrogens is 226 g/mol. The molecule has 4 nitrogen and oxygen atoms in total. The molecule has 1 aliphatic rings. The topological polar surface area (TPSA) is 44.7 Å². The highest BCUT2D eigenvalue weighted by atomic mass is 16.2. The summed E-state index contributed by atoms with van der Waals surface area (Å²) in [6.07, 6.45) is 2.39. The highest BCUT2D eigenvalue weighted by molar-refractivity contribution is 5.96. The van der Waals surface area contributed by atoms with E-state index >= 15 is 0 Å². The summed E-state index contributed by atoms with van der Waals surface area (Å²) in [6, 6.07) is 7.47. The molecule has 0 saturated heterocycles. The first-order valence-electron chi connectivity index (χ1n) is 6.20. The molecule has 0 unspecified atom stereocenters. The number of carbonyl (C=O) groups excluding carboxylic acids is 1. The maximum absolute atomic E-state index is 11.8. The largest absolute Gasteiger partial charge is 0.378 e. The van der Waals surface area contributed by atoms with Gasteiger partial charge in [-0.05, 0) is 49.9 Å². The van der Waals surface area contributed by atoms with Crippen molar-refractivity contribution in [3.8, 4) is 0 Å². The fraction of sp³-hybridized carbons (Fsp3) is 0.429. The van der Waals surface area contributed by atoms with E-state index in [1.807, 2.05) is 50.2 Å². The van der Waals surface area contributed by atoms with Crippen LogP contribution in [0.25, 0.3) is 0 Å². The van der Waals surface area contributed by atoms with E-state index in [0.717, 1.165) is 11.4 Å². The summed E-state index contributed by atoms with van der Waals surface area (Å²) in [4.78, 5) is 13.8. The van der Waals surface area contributed by atoms with Gasteiger partial charge in [0.2, 0.25) is 0 Å². The molecule has 4 heteroatoms. The lowest BCUT2D eigenvalue weighted by atomic mass is 10.2. The van der Waals surface area contributed by atoms with Gasteiger partial charge in [-0.15, -0.1) is 0 Å². The van der Waals surface area contributed by atoms with E-state index in [9.17, 15) is 4.79 Å². The van der Waals surface area contributed by atoms with Gasteiger partial charge in [0.15, 0.2) is 0 Å². The average molecular weight is 245 g/mol. The van der Waals surface area contributed by atoms with Crippen LogP contribution in [0.5, 0.6) is 0 Å². The first-order valence-corrected chi connectivity index (χ1v) is 6.20. The van der Waals surface area contributed by atoms with Crippen molar-refractivity contribution in [1.29, 1.82) is 0 Å². The van der Waals surface area contributed by atoms with E-state index in [-0.39, 0.29) is 5.91 Å². The third kappa shape index (κ3) is 3.09. The minimum Gasteiger partial charge on any atom is -0.378 e. The summed E-state index contributed by atoms with van der Waals surface area (Å²) < 4.78 is 0. The summed E-state index contributed by atoms with van der Waals surface area (Å²) in [5.41, 5.74) is 5.33. The van der Waals surface area contributed by atoms with Crippen LogP contribution in [-0.2, 0) is 0 Å². The first-order chi connectivity index (χ1) is 8.58. The van der Waals surface area contributed by atoms with E-state index in [0.29, 0.717) is 11.5 Å². The summed E-state index contributed by atoms with van der Waals surface area (Å²) in [7, 11) is 3.94. The van der Waals surface area contributed by atoms with E-state index in [4.69, 9.17) is 0 Å². The summed E-state index contributed by atoms with van der Waals surface area (Å²) >= 11 is 0. The monoisotopic (exact) mass is 245 g/mol. The SMILES string of the molecule is CC(=NNC(=O)c1ccc(N(C)C)cc1)C1CC1. The van der Waals surface area contributed by atoms with Gasteiger partial charge in [0.25, 0.3) is 5.91 Å². The van der Waals surface area contributed by atoms with Crippen LogP contribution >= 0.6 is 0 Å². The maximum atomic E-state index is 11.8. The van der Waals surface area contributed by atoms with Crippen molar-refractivity contribution in [2.24, 2.45) is 11.0 Å². The molecule has 1 aromatic carbocycles. The minimum absolute atomic E-state index is 0.152. The molecule has 2 rings (SSSR count). The first kappa shape index (κ1) is 12.6. The van der Waals surface area contributed by atoms with Gasteiger partial charge in [-0.25, -0.2) is 5.43 Å². The molecule has 1 aliphatic carbocycles. The number of hydrazone groups is 1. The molecule has 0 bridgehead atoms. The molecular formula is C14H19N3O. The van der Waals surface area contributed by atoms with Gasteiger partial charge < -0.3 is 4.90 Å². The smallest absolute Gasteiger partial charge is 0.271 e. The standard InChI is InChI=1S/C14H19N3O/c1-10(11-4-5-11)15-16-14(18)12-6-8-13(9-7-12)17(2)3/h6-9,11H,4-5H2,1-3H3,(H,16,18). The lowest BCUT2D eigenvalue weighted by molar-refractivity contribution is 0.0954. The number of amides is 1. The predicted molar refractivity (Wildman–Crippen MR) is 74.1 cm³/mol. The molecule has 0 radical (unpaired) electrons. The number of hydrogen-bond acceptors (Lipinski definition) is 3. The molecule has 0 atom stereocenters. The fourth-order valence-corrected chi connectivity index (χ4v) is 1.71. The molecule has 96 valence electrons. The third-order valence-electron chi connectivity index (χ3n) is 3.15. The second-order valence-corrected chi connectivity index (χ2v) is 4.91. The fourth-order valence-electron chi connectivity index (χ4n) is 1.71. The molecule has 0 spiro atoms. The Morgan fingerprint density at radius 1 is 1.28 bits per heavy atom. The Kier molecular flexibility index (Phi) is 3.65. The Balaban J connectivity index is 1.98. The Morgan fingerprint density at radius 2 is 1.89 bits per heavy atom. The van der Waals surface area contributed by atoms with Crippen molar-refractivity contribution in [3.63, 3.8) is 0 Å². The van der Waals surface area contributed by atoms with Crippen molar-refractivity contribution >= 4 is 17.3 Å². The summed E-state index contributed by atoms with van der Waals surface area (Å²) in [6.45, 7) is 1.97. The molecule has 18 heavy (non-hydrogen) atoms. The molecule has 0 heterocycles. The van der Waals surface area contributed by atoms with E-state index in [2.05, 4.69) is 10.5 Å². The molecule has 0 aliphatic heterocycles. The third-order valence-corrected chi connectivity index (χ3v) is 3.15. The Hall–Kier alpha value is -1.84. The van der Waals surface area contributed by atoms with Gasteiger partial charge in [0.05, 0.1) is 0 Å². The number of nitrogens with one attached hydrogen (secondary N) is 1. The quantitative estimate of drug-likeness (QED) is 0.653. The summed E-state index contributed by atoms with van der Waals surface area (Å²) in [5.74, 6) is 0.432. The zero-order chi connectivity index (χ0) is 13.1. The second-order valence-electron chi connectivity index (χ2n) is 4.91. The van der Waals surface area contributed by atoms with Crippen molar-refractivity contribution in [1.82, 2.24) is 5.43 Å². The number of carbonyl (C=O) groups is 1. The van der Waals surface area contributed by atoms with Gasteiger partial charge in [-0.3, -0.25) is 4.79 Å². The van der Waals surface area contributed by atoms with E-state index in [1.165, 1.54) is 12.8 Å². The van der Waals surface area contributed by atoms with Crippen LogP contribution in [0.4, 0.5) is 5.69 Å². The van der Waals surface area contributed by atoms with Crippen LogP contribution in [0.1, 0.15) is 30.1 Å². The lowest BCUT2D eigenvalue weighted by Crippen LogP contribution is -2.19. The number of hydrogen-bond donors (Lipinski definition) is 1. The van der Waals surface area contributed by atoms with Crippen LogP contribution in [-0.4, -0.2) is 25.7 Å². The van der Waals surface area contributed by atoms with Crippen molar-refractivity contribution in [3.05, 3.63) is 29.8 Å². The van der Waals surface area contributed by atoms with E-state index < -0.39 is 0 Å². The van der Waals surface area contributed by atoms with Crippen molar-refractivity contribution in [2.45, 2.75) is 19.8 Å². The van der Waals surface area contributed by atoms with Gasteiger partial charge >= 0.3 is 0 Å². The van der Waals surface area contributed by atoms with Crippen molar-refractivity contribution in [2.75, 3.05) is 19.0 Å². The van der Waals surface area contributed by atoms with Gasteiger partial charge in [-0.2, -0.15) is 5.10 Å². The normalized spacial score (nSPS) is 15.4. The molecule has 0 aromatic heterocycles. The highest BCUT2D eigenvalue weighted by Gasteiger charge is 2.24. The zero-order valence-electron chi connectivity index (χ0n) is 11.1. The van der Waals surface area contributed by atoms with Crippen LogP contribution in [0, 0.1) is 5.92 Å². The van der Waals surface area contributed by atoms with Crippen LogP contribution in [0.15, 0.2) is 29.4 Å². The minimum atomic E-state index is -0.152. The molecule has 1 aromatic rings. The molecule has 1 amide bonds. The average Bonchev–Trinajstić information content (AvgIpc) is 3.20. The second kappa shape index (κ2) is 5.21. The highest BCUT2D eigenvalue weighted by Crippen LogP contribution is 2.30. The van der Waals surface area contributed by atoms with Gasteiger partial charge in [0, 0.05) is 31.1 Å². The number of benzene rings is 1. The number of rotatable bonds is 4. The van der Waals surface area contributed by atoms with Crippen LogP contribution < -0.4 is 10.3 Å². The molecule has 1 fully saturated rings. The number of anilines is 1. The Bertz CT molecular complexity index is 458. The van der Waals surface area contributed by atoms with Crippen molar-refractivity contribution < 1.29 is 4.79 Å².